The zero-order chi connectivity index (χ0) is 45.3. The van der Waals surface area contributed by atoms with Gasteiger partial charge in [0, 0.05) is 38.5 Å². The van der Waals surface area contributed by atoms with Crippen LogP contribution in [0.25, 0.3) is 0 Å². The molecular formula is C42H42O20-2. The van der Waals surface area contributed by atoms with Crippen LogP contribution in [0.15, 0.2) is 94.9 Å². The number of cyclic esters (lactones) is 2. The first-order valence-corrected chi connectivity index (χ1v) is 19.4. The molecule has 20 heteroatoms. The van der Waals surface area contributed by atoms with Gasteiger partial charge in [0.2, 0.25) is 0 Å². The van der Waals surface area contributed by atoms with E-state index in [2.05, 4.69) is 0 Å². The highest BCUT2D eigenvalue weighted by atomic mass is 16.8. The molecule has 0 radical (unpaired) electrons. The number of hydrogen-bond acceptors (Lipinski definition) is 20. The number of rotatable bonds is 14. The number of hydrogen-bond donors (Lipinski definition) is 0. The van der Waals surface area contributed by atoms with Gasteiger partial charge in [0.1, 0.15) is 11.1 Å². The first-order chi connectivity index (χ1) is 29.3. The van der Waals surface area contributed by atoms with Gasteiger partial charge in [-0.05, 0) is 52.0 Å². The Balaban J connectivity index is 1.11. The van der Waals surface area contributed by atoms with Gasteiger partial charge in [0.15, 0.2) is 11.6 Å². The summed E-state index contributed by atoms with van der Waals surface area (Å²) < 4.78 is 52.4. The van der Waals surface area contributed by atoms with E-state index in [4.69, 9.17) is 47.4 Å². The van der Waals surface area contributed by atoms with Gasteiger partial charge in [0.25, 0.3) is 11.6 Å². The van der Waals surface area contributed by atoms with Crippen LogP contribution < -0.4 is 10.2 Å². The molecule has 4 heterocycles. The normalized spacial score (nSPS) is 27.8. The summed E-state index contributed by atoms with van der Waals surface area (Å²) in [4.78, 5) is 99.8. The molecule has 0 aromatic heterocycles. The predicted octanol–water partition coefficient (Wildman–Crippen LogP) is 1.64. The Morgan fingerprint density at radius 1 is 0.516 bits per heavy atom. The summed E-state index contributed by atoms with van der Waals surface area (Å²) in [5.41, 5.74) is -1.83. The van der Waals surface area contributed by atoms with E-state index in [-0.39, 0.29) is 64.6 Å². The molecular weight excluding hydrogens is 824 g/mol. The van der Waals surface area contributed by atoms with Crippen molar-refractivity contribution in [3.63, 3.8) is 0 Å². The molecule has 0 aromatic rings. The van der Waals surface area contributed by atoms with E-state index in [1.54, 1.807) is 13.8 Å². The highest BCUT2D eigenvalue weighted by molar-refractivity contribution is 6.16. The second kappa shape index (κ2) is 19.1. The van der Waals surface area contributed by atoms with Crippen molar-refractivity contribution in [1.82, 2.24) is 0 Å². The zero-order valence-electron chi connectivity index (χ0n) is 34.0. The van der Waals surface area contributed by atoms with Crippen molar-refractivity contribution in [2.45, 2.75) is 102 Å². The van der Waals surface area contributed by atoms with E-state index in [1.807, 2.05) is 0 Å². The van der Waals surface area contributed by atoms with Gasteiger partial charge >= 0.3 is 47.8 Å². The highest BCUT2D eigenvalue weighted by Gasteiger charge is 2.56. The van der Waals surface area contributed by atoms with Gasteiger partial charge in [-0.3, -0.25) is 9.59 Å². The molecule has 0 N–H and O–H groups in total. The molecule has 5 aliphatic rings. The lowest BCUT2D eigenvalue weighted by molar-refractivity contribution is -0.397. The highest BCUT2D eigenvalue weighted by Crippen LogP contribution is 2.45. The van der Waals surface area contributed by atoms with Crippen LogP contribution in [0.5, 0.6) is 0 Å². The van der Waals surface area contributed by atoms with Crippen molar-refractivity contribution in [1.29, 1.82) is 0 Å². The molecule has 2 unspecified atom stereocenters. The van der Waals surface area contributed by atoms with Crippen molar-refractivity contribution in [3.8, 4) is 0 Å². The average Bonchev–Trinajstić information content (AvgIpc) is 3.18. The van der Waals surface area contributed by atoms with Gasteiger partial charge < -0.3 is 57.6 Å². The van der Waals surface area contributed by atoms with Crippen LogP contribution in [-0.2, 0) is 85.7 Å². The molecule has 1 aliphatic carbocycles. The van der Waals surface area contributed by atoms with Crippen LogP contribution >= 0.6 is 0 Å². The third kappa shape index (κ3) is 11.2. The molecule has 0 bridgehead atoms. The van der Waals surface area contributed by atoms with Crippen LogP contribution in [0.4, 0.5) is 0 Å². The van der Waals surface area contributed by atoms with Gasteiger partial charge in [0.05, 0.1) is 49.1 Å². The number of esters is 8. The minimum atomic E-state index is -1.73. The monoisotopic (exact) mass is 866 g/mol. The molecule has 20 nitrogen and oxygen atoms in total. The second-order valence-electron chi connectivity index (χ2n) is 14.3. The zero-order valence-corrected chi connectivity index (χ0v) is 34.0. The van der Waals surface area contributed by atoms with Crippen molar-refractivity contribution < 1.29 is 95.9 Å². The van der Waals surface area contributed by atoms with E-state index >= 15 is 0 Å². The smallest absolute Gasteiger partial charge is 0.348 e. The number of allylic oxidation sites excluding steroid dienone is 8. The number of ether oxygens (including phenoxy) is 10. The van der Waals surface area contributed by atoms with Crippen molar-refractivity contribution in [2.24, 2.45) is 0 Å². The van der Waals surface area contributed by atoms with Crippen molar-refractivity contribution in [2.75, 3.05) is 13.2 Å². The van der Waals surface area contributed by atoms with Crippen molar-refractivity contribution >= 4 is 47.8 Å². The molecule has 1 saturated carbocycles. The van der Waals surface area contributed by atoms with E-state index < -0.39 is 105 Å². The SMILES string of the molecule is CCOC(=O)CCC1(C)OC(=O)C(C=CC=CC=C2C(=O)OC3(CCC4(CC3)OC(=O)C(=C/C=C/C=C/C3=C([O-])OC(C)(CCC(=O)OCC)OC3=O)C(=O)O4)OC2=O)=C([O-])O1. The summed E-state index contributed by atoms with van der Waals surface area (Å²) in [5.74, 6) is -15.9. The quantitative estimate of drug-likeness (QED) is 0.0789. The number of carbonyl (C=O) groups excluding carboxylic acids is 8. The molecule has 3 fully saturated rings. The van der Waals surface area contributed by atoms with Crippen LogP contribution in [-0.4, -0.2) is 84.1 Å². The van der Waals surface area contributed by atoms with Gasteiger partial charge in [-0.2, -0.15) is 0 Å². The van der Waals surface area contributed by atoms with Crippen LogP contribution in [0, 0.1) is 0 Å². The largest absolute Gasteiger partial charge is 0.574 e. The minimum Gasteiger partial charge on any atom is -0.574 e. The van der Waals surface area contributed by atoms with Crippen LogP contribution in [0.3, 0.4) is 0 Å². The number of carbonyl (C=O) groups is 8. The fraction of sp³-hybridized carbons (Fsp3) is 0.429. The average molecular weight is 867 g/mol. The fourth-order valence-electron chi connectivity index (χ4n) is 6.35. The summed E-state index contributed by atoms with van der Waals surface area (Å²) in [6.07, 6.45) is 10.7. The van der Waals surface area contributed by atoms with E-state index in [9.17, 15) is 48.6 Å². The Morgan fingerprint density at radius 2 is 0.855 bits per heavy atom. The maximum absolute atomic E-state index is 12.9. The maximum Gasteiger partial charge on any atom is 0.348 e. The molecule has 2 atom stereocenters. The van der Waals surface area contributed by atoms with Gasteiger partial charge in [-0.15, -0.1) is 0 Å². The first kappa shape index (κ1) is 46.0. The molecule has 2 spiro atoms. The Kier molecular flexibility index (Phi) is 14.1. The summed E-state index contributed by atoms with van der Waals surface area (Å²) in [5, 5.41) is 24.9. The molecule has 332 valence electrons. The third-order valence-electron chi connectivity index (χ3n) is 9.56. The fourth-order valence-corrected chi connectivity index (χ4v) is 6.35. The molecule has 0 aromatic carbocycles. The Hall–Kier alpha value is -7.12. The minimum absolute atomic E-state index is 0.113. The van der Waals surface area contributed by atoms with Gasteiger partial charge in [-0.25, -0.2) is 28.8 Å². The van der Waals surface area contributed by atoms with Crippen LogP contribution in [0.2, 0.25) is 0 Å². The maximum atomic E-state index is 12.9. The van der Waals surface area contributed by atoms with Crippen molar-refractivity contribution in [3.05, 3.63) is 94.9 Å². The first-order valence-electron chi connectivity index (χ1n) is 19.4. The third-order valence-corrected chi connectivity index (χ3v) is 9.56. The second-order valence-corrected chi connectivity index (χ2v) is 14.3. The Labute approximate surface area is 353 Å². The van der Waals surface area contributed by atoms with E-state index in [0.29, 0.717) is 0 Å². The lowest BCUT2D eigenvalue weighted by atomic mass is 9.87. The Bertz CT molecular complexity index is 1940. The topological polar surface area (TPSA) is 275 Å². The lowest BCUT2D eigenvalue weighted by Crippen LogP contribution is -2.56. The predicted molar refractivity (Wildman–Crippen MR) is 198 cm³/mol. The molecule has 62 heavy (non-hydrogen) atoms. The van der Waals surface area contributed by atoms with E-state index in [0.717, 1.165) is 24.3 Å². The lowest BCUT2D eigenvalue weighted by Gasteiger charge is -2.45. The van der Waals surface area contributed by atoms with Crippen LogP contribution in [0.1, 0.15) is 79.1 Å². The standard InChI is InChI=1S/C42H44O20/c1-5-53-29(43)17-19-39(3)55-31(45)25(32(46)56-39)13-9-7-11-15-27-35(49)59-41(60-36(27)50)21-23-42(24-22-41)61-37(51)28(38(52)62-42)16-12-8-10-14-26-33(47)57-40(4,58-34(26)48)20-18-30(44)54-6-2/h7-16,45,47H,5-6,17-24H2,1-4H3/p-2/b11-7+,12-8?,13-9+,14-10?,27-15?,28-16?. The molecule has 0 amide bonds. The summed E-state index contributed by atoms with van der Waals surface area (Å²) in [7, 11) is 0. The molecule has 2 saturated heterocycles. The Morgan fingerprint density at radius 3 is 1.16 bits per heavy atom. The summed E-state index contributed by atoms with van der Waals surface area (Å²) in [6, 6.07) is 0. The molecule has 5 rings (SSSR count). The molecule has 4 aliphatic heterocycles. The summed E-state index contributed by atoms with van der Waals surface area (Å²) in [6.45, 7) is 6.25. The van der Waals surface area contributed by atoms with E-state index in [1.165, 1.54) is 50.3 Å². The summed E-state index contributed by atoms with van der Waals surface area (Å²) >= 11 is 0. The van der Waals surface area contributed by atoms with Gasteiger partial charge in [-0.1, -0.05) is 36.5 Å².